The molecule has 3 atom stereocenters. The molecule has 2 nitrogen and oxygen atoms in total. The number of nitrogens with one attached hydrogen (secondary N) is 1. The molecule has 0 spiro atoms. The Kier molecular flexibility index (Phi) is 6.08. The summed E-state index contributed by atoms with van der Waals surface area (Å²) in [6.45, 7) is 2.08. The molecule has 1 aliphatic carbocycles. The van der Waals surface area contributed by atoms with Crippen molar-refractivity contribution in [3.8, 4) is 0 Å². The predicted molar refractivity (Wildman–Crippen MR) is 87.2 cm³/mol. The van der Waals surface area contributed by atoms with E-state index < -0.39 is 0 Å². The van der Waals surface area contributed by atoms with Gasteiger partial charge in [-0.3, -0.25) is 4.79 Å². The van der Waals surface area contributed by atoms with Gasteiger partial charge in [0.1, 0.15) is 0 Å². The van der Waals surface area contributed by atoms with E-state index in [1.54, 1.807) is 0 Å². The Hall–Kier alpha value is -0.830. The summed E-state index contributed by atoms with van der Waals surface area (Å²) in [5.74, 6) is 0.756. The van der Waals surface area contributed by atoms with Gasteiger partial charge in [-0.2, -0.15) is 0 Å². The van der Waals surface area contributed by atoms with Gasteiger partial charge < -0.3 is 5.32 Å². The summed E-state index contributed by atoms with van der Waals surface area (Å²) in [5.41, 5.74) is 1.12. The van der Waals surface area contributed by atoms with Crippen molar-refractivity contribution in [1.29, 1.82) is 0 Å². The molecule has 0 heterocycles. The van der Waals surface area contributed by atoms with Crippen LogP contribution >= 0.6 is 15.9 Å². The quantitative estimate of drug-likeness (QED) is 0.799. The number of halogens is 1. The first-order valence-electron chi connectivity index (χ1n) is 7.67. The summed E-state index contributed by atoms with van der Waals surface area (Å²) < 4.78 is 0. The van der Waals surface area contributed by atoms with Crippen LogP contribution in [0.5, 0.6) is 0 Å². The van der Waals surface area contributed by atoms with Gasteiger partial charge in [0.25, 0.3) is 0 Å². The van der Waals surface area contributed by atoms with Gasteiger partial charge in [-0.25, -0.2) is 0 Å². The van der Waals surface area contributed by atoms with Crippen LogP contribution in [0.1, 0.15) is 50.5 Å². The lowest BCUT2D eigenvalue weighted by Gasteiger charge is -2.32. The number of rotatable bonds is 5. The van der Waals surface area contributed by atoms with E-state index in [0.717, 1.165) is 23.7 Å². The number of benzene rings is 1. The van der Waals surface area contributed by atoms with Gasteiger partial charge in [0.15, 0.2) is 0 Å². The van der Waals surface area contributed by atoms with Crippen molar-refractivity contribution >= 4 is 21.8 Å². The third-order valence-electron chi connectivity index (χ3n) is 4.36. The van der Waals surface area contributed by atoms with Crippen molar-refractivity contribution in [3.05, 3.63) is 35.9 Å². The lowest BCUT2D eigenvalue weighted by atomic mass is 9.85. The van der Waals surface area contributed by atoms with Crippen LogP contribution in [0.2, 0.25) is 0 Å². The molecule has 0 radical (unpaired) electrons. The Labute approximate surface area is 130 Å². The Morgan fingerprint density at radius 1 is 1.30 bits per heavy atom. The lowest BCUT2D eigenvalue weighted by Crippen LogP contribution is -2.44. The highest BCUT2D eigenvalue weighted by Gasteiger charge is 2.28. The van der Waals surface area contributed by atoms with E-state index in [4.69, 9.17) is 0 Å². The normalized spacial score (nSPS) is 24.1. The Bertz CT molecular complexity index is 420. The van der Waals surface area contributed by atoms with Gasteiger partial charge in [-0.15, -0.1) is 0 Å². The van der Waals surface area contributed by atoms with Gasteiger partial charge in [0, 0.05) is 11.4 Å². The van der Waals surface area contributed by atoms with Gasteiger partial charge in [0.2, 0.25) is 5.91 Å². The van der Waals surface area contributed by atoms with Crippen molar-refractivity contribution in [2.45, 2.75) is 51.0 Å². The molecule has 0 bridgehead atoms. The van der Waals surface area contributed by atoms with Crippen molar-refractivity contribution in [2.75, 3.05) is 5.33 Å². The van der Waals surface area contributed by atoms with E-state index in [-0.39, 0.29) is 11.8 Å². The maximum Gasteiger partial charge on any atom is 0.227 e. The second-order valence-electron chi connectivity index (χ2n) is 5.69. The Morgan fingerprint density at radius 3 is 2.65 bits per heavy atom. The van der Waals surface area contributed by atoms with Crippen LogP contribution in [-0.2, 0) is 4.79 Å². The molecule has 0 aliphatic heterocycles. The Morgan fingerprint density at radius 2 is 2.00 bits per heavy atom. The van der Waals surface area contributed by atoms with Crippen LogP contribution in [0, 0.1) is 5.92 Å². The summed E-state index contributed by atoms with van der Waals surface area (Å²) >= 11 is 3.59. The highest BCUT2D eigenvalue weighted by molar-refractivity contribution is 9.09. The van der Waals surface area contributed by atoms with Gasteiger partial charge in [-0.05, 0) is 30.7 Å². The van der Waals surface area contributed by atoms with Gasteiger partial charge in [0.05, 0.1) is 5.92 Å². The number of carbonyl (C=O) groups excluding carboxylic acids is 1. The molecule has 0 saturated heterocycles. The van der Waals surface area contributed by atoms with Crippen molar-refractivity contribution in [1.82, 2.24) is 5.32 Å². The summed E-state index contributed by atoms with van der Waals surface area (Å²) in [6.07, 6.45) is 5.71. The van der Waals surface area contributed by atoms with E-state index in [1.165, 1.54) is 19.3 Å². The van der Waals surface area contributed by atoms with Crippen LogP contribution in [-0.4, -0.2) is 17.3 Å². The first-order chi connectivity index (χ1) is 9.76. The van der Waals surface area contributed by atoms with Gasteiger partial charge in [-0.1, -0.05) is 66.0 Å². The molecule has 3 unspecified atom stereocenters. The summed E-state index contributed by atoms with van der Waals surface area (Å²) in [5, 5.41) is 4.29. The molecule has 1 amide bonds. The monoisotopic (exact) mass is 337 g/mol. The van der Waals surface area contributed by atoms with E-state index in [2.05, 4.69) is 40.3 Å². The second-order valence-corrected chi connectivity index (χ2v) is 6.33. The average molecular weight is 338 g/mol. The summed E-state index contributed by atoms with van der Waals surface area (Å²) in [6, 6.07) is 10.5. The largest absolute Gasteiger partial charge is 0.353 e. The summed E-state index contributed by atoms with van der Waals surface area (Å²) in [4.78, 5) is 12.6. The zero-order valence-corrected chi connectivity index (χ0v) is 13.7. The molecule has 1 fully saturated rings. The van der Waals surface area contributed by atoms with Crippen molar-refractivity contribution in [3.63, 3.8) is 0 Å². The molecule has 2 rings (SSSR count). The zero-order chi connectivity index (χ0) is 14.4. The minimum absolute atomic E-state index is 0.0193. The number of carbonyl (C=O) groups is 1. The van der Waals surface area contributed by atoms with Gasteiger partial charge >= 0.3 is 0 Å². The molecule has 110 valence electrons. The van der Waals surface area contributed by atoms with E-state index >= 15 is 0 Å². The van der Waals surface area contributed by atoms with E-state index in [1.807, 2.05) is 18.2 Å². The fraction of sp³-hybridized carbons (Fsp3) is 0.588. The molecule has 1 N–H and O–H groups in total. The highest BCUT2D eigenvalue weighted by Crippen LogP contribution is 2.27. The van der Waals surface area contributed by atoms with Crippen LogP contribution < -0.4 is 5.32 Å². The van der Waals surface area contributed by atoms with E-state index in [0.29, 0.717) is 12.0 Å². The number of hydrogen-bond donors (Lipinski definition) is 1. The molecule has 1 aliphatic rings. The Balaban J connectivity index is 2.02. The minimum atomic E-state index is -0.0193. The molecule has 1 saturated carbocycles. The molecule has 0 aromatic heterocycles. The number of amides is 1. The predicted octanol–water partition coefficient (Wildman–Crippen LogP) is 4.25. The molecular formula is C17H24BrNO. The maximum atomic E-state index is 12.6. The first-order valence-corrected chi connectivity index (χ1v) is 8.79. The van der Waals surface area contributed by atoms with Crippen LogP contribution in [0.25, 0.3) is 0 Å². The first kappa shape index (κ1) is 15.6. The van der Waals surface area contributed by atoms with Crippen molar-refractivity contribution in [2.24, 2.45) is 5.92 Å². The second kappa shape index (κ2) is 7.82. The lowest BCUT2D eigenvalue weighted by molar-refractivity contribution is -0.123. The number of hydrogen-bond acceptors (Lipinski definition) is 1. The molecule has 3 heteroatoms. The smallest absolute Gasteiger partial charge is 0.227 e. The molecule has 20 heavy (non-hydrogen) atoms. The highest BCUT2D eigenvalue weighted by atomic mass is 79.9. The number of alkyl halides is 1. The van der Waals surface area contributed by atoms with Crippen LogP contribution in [0.15, 0.2) is 30.3 Å². The zero-order valence-electron chi connectivity index (χ0n) is 12.1. The SMILES string of the molecule is CCC(C(=O)NC1CCCCC1CBr)c1ccccc1. The molecule has 1 aromatic rings. The van der Waals surface area contributed by atoms with Crippen LogP contribution in [0.3, 0.4) is 0 Å². The molecule has 1 aromatic carbocycles. The standard InChI is InChI=1S/C17H24BrNO/c1-2-15(13-8-4-3-5-9-13)17(20)19-16-11-7-6-10-14(16)12-18/h3-5,8-9,14-16H,2,6-7,10-12H2,1H3,(H,19,20). The van der Waals surface area contributed by atoms with Crippen molar-refractivity contribution < 1.29 is 4.79 Å². The topological polar surface area (TPSA) is 29.1 Å². The third kappa shape index (κ3) is 3.85. The average Bonchev–Trinajstić information content (AvgIpc) is 2.49. The fourth-order valence-corrected chi connectivity index (χ4v) is 3.90. The van der Waals surface area contributed by atoms with E-state index in [9.17, 15) is 4.79 Å². The minimum Gasteiger partial charge on any atom is -0.353 e. The summed E-state index contributed by atoms with van der Waals surface area (Å²) in [7, 11) is 0. The maximum absolute atomic E-state index is 12.6. The fourth-order valence-electron chi connectivity index (χ4n) is 3.12. The van der Waals surface area contributed by atoms with Crippen LogP contribution in [0.4, 0.5) is 0 Å². The third-order valence-corrected chi connectivity index (χ3v) is 5.19. The molecular weight excluding hydrogens is 314 g/mol.